The van der Waals surface area contributed by atoms with Gasteiger partial charge in [0.2, 0.25) is 0 Å². The van der Waals surface area contributed by atoms with E-state index in [2.05, 4.69) is 42.7 Å². The van der Waals surface area contributed by atoms with Crippen LogP contribution in [0.25, 0.3) is 0 Å². The van der Waals surface area contributed by atoms with Crippen LogP contribution in [-0.2, 0) is 14.9 Å². The van der Waals surface area contributed by atoms with E-state index in [-0.39, 0.29) is 5.41 Å². The van der Waals surface area contributed by atoms with Gasteiger partial charge < -0.3 is 24.8 Å². The Bertz CT molecular complexity index is 682. The second kappa shape index (κ2) is 11.6. The highest BCUT2D eigenvalue weighted by atomic mass is 16.5. The highest BCUT2D eigenvalue weighted by molar-refractivity contribution is 5.79. The Balaban J connectivity index is 1.64. The van der Waals surface area contributed by atoms with Crippen molar-refractivity contribution in [3.05, 3.63) is 29.3 Å². The lowest BCUT2D eigenvalue weighted by Gasteiger charge is -2.37. The molecule has 3 rings (SSSR count). The van der Waals surface area contributed by atoms with Crippen LogP contribution in [0.2, 0.25) is 0 Å². The molecule has 1 heterocycles. The van der Waals surface area contributed by atoms with Gasteiger partial charge in [-0.25, -0.2) is 0 Å². The molecule has 0 atom stereocenters. The molecule has 0 amide bonds. The number of methoxy groups -OCH3 is 1. The van der Waals surface area contributed by atoms with Gasteiger partial charge in [0.1, 0.15) is 5.75 Å². The molecule has 0 bridgehead atoms. The van der Waals surface area contributed by atoms with Crippen LogP contribution in [0.15, 0.2) is 23.2 Å². The third-order valence-electron chi connectivity index (χ3n) is 6.07. The van der Waals surface area contributed by atoms with E-state index >= 15 is 0 Å². The molecular weight excluding hydrogens is 378 g/mol. The third kappa shape index (κ3) is 6.61. The van der Waals surface area contributed by atoms with E-state index in [1.807, 2.05) is 0 Å². The summed E-state index contributed by atoms with van der Waals surface area (Å²) in [4.78, 5) is 4.99. The number of benzene rings is 1. The monoisotopic (exact) mass is 417 g/mol. The molecule has 0 spiro atoms. The molecule has 0 unspecified atom stereocenters. The average molecular weight is 418 g/mol. The van der Waals surface area contributed by atoms with Crippen LogP contribution in [0.3, 0.4) is 0 Å². The van der Waals surface area contributed by atoms with Crippen molar-refractivity contribution in [1.82, 2.24) is 10.6 Å². The van der Waals surface area contributed by atoms with E-state index in [9.17, 15) is 0 Å². The van der Waals surface area contributed by atoms with E-state index in [0.29, 0.717) is 6.54 Å². The highest BCUT2D eigenvalue weighted by Gasteiger charge is 2.37. The quantitative estimate of drug-likeness (QED) is 0.328. The largest absolute Gasteiger partial charge is 0.496 e. The van der Waals surface area contributed by atoms with E-state index in [1.54, 1.807) is 7.11 Å². The van der Waals surface area contributed by atoms with Crippen molar-refractivity contribution >= 4 is 5.96 Å². The summed E-state index contributed by atoms with van der Waals surface area (Å²) in [7, 11) is 1.75. The lowest BCUT2D eigenvalue weighted by molar-refractivity contribution is 0.0522. The number of hydrogen-bond acceptors (Lipinski definition) is 4. The van der Waals surface area contributed by atoms with Crippen molar-refractivity contribution in [1.29, 1.82) is 0 Å². The van der Waals surface area contributed by atoms with Gasteiger partial charge in [-0.3, -0.25) is 4.99 Å². The first-order valence-corrected chi connectivity index (χ1v) is 11.5. The summed E-state index contributed by atoms with van der Waals surface area (Å²) in [5, 5.41) is 6.85. The third-order valence-corrected chi connectivity index (χ3v) is 6.07. The van der Waals surface area contributed by atoms with Gasteiger partial charge in [0.05, 0.1) is 13.7 Å². The minimum absolute atomic E-state index is 0.0641. The fraction of sp³-hybridized carbons (Fsp3) is 0.708. The topological polar surface area (TPSA) is 64.1 Å². The fourth-order valence-corrected chi connectivity index (χ4v) is 4.00. The summed E-state index contributed by atoms with van der Waals surface area (Å²) in [5.74, 6) is 2.65. The second-order valence-corrected chi connectivity index (χ2v) is 8.59. The highest BCUT2D eigenvalue weighted by Crippen LogP contribution is 2.40. The Morgan fingerprint density at radius 2 is 2.03 bits per heavy atom. The Labute approximate surface area is 181 Å². The van der Waals surface area contributed by atoms with Crippen LogP contribution in [0.4, 0.5) is 0 Å². The summed E-state index contributed by atoms with van der Waals surface area (Å²) in [6.45, 7) is 9.91. The van der Waals surface area contributed by atoms with Crippen molar-refractivity contribution in [3.63, 3.8) is 0 Å². The molecule has 6 nitrogen and oxygen atoms in total. The van der Waals surface area contributed by atoms with Crippen molar-refractivity contribution in [2.45, 2.75) is 51.4 Å². The summed E-state index contributed by atoms with van der Waals surface area (Å²) in [6.07, 6.45) is 5.57. The number of nitrogens with zero attached hydrogens (tertiary/aromatic N) is 1. The number of nitrogens with one attached hydrogen (secondary N) is 2. The maximum atomic E-state index is 5.74. The lowest BCUT2D eigenvalue weighted by Crippen LogP contribution is -2.41. The van der Waals surface area contributed by atoms with Gasteiger partial charge in [-0.2, -0.15) is 0 Å². The number of hydrogen-bond donors (Lipinski definition) is 2. The zero-order chi connectivity index (χ0) is 21.2. The van der Waals surface area contributed by atoms with Gasteiger partial charge in [-0.05, 0) is 57.9 Å². The van der Waals surface area contributed by atoms with Crippen LogP contribution in [0.5, 0.6) is 5.75 Å². The molecule has 2 aliphatic rings. The first-order chi connectivity index (χ1) is 14.7. The zero-order valence-corrected chi connectivity index (χ0v) is 19.0. The van der Waals surface area contributed by atoms with E-state index < -0.39 is 0 Å². The minimum Gasteiger partial charge on any atom is -0.496 e. The Kier molecular flexibility index (Phi) is 8.82. The van der Waals surface area contributed by atoms with E-state index in [0.717, 1.165) is 76.4 Å². The van der Waals surface area contributed by atoms with Gasteiger partial charge in [-0.15, -0.1) is 0 Å². The molecule has 1 aliphatic heterocycles. The number of guanidine groups is 1. The molecule has 1 saturated carbocycles. The second-order valence-electron chi connectivity index (χ2n) is 8.59. The molecule has 1 aliphatic carbocycles. The van der Waals surface area contributed by atoms with Crippen molar-refractivity contribution in [3.8, 4) is 5.75 Å². The molecular formula is C24H39N3O3. The Morgan fingerprint density at radius 3 is 2.73 bits per heavy atom. The first-order valence-electron chi connectivity index (χ1n) is 11.5. The summed E-state index contributed by atoms with van der Waals surface area (Å²) >= 11 is 0. The molecule has 1 saturated heterocycles. The number of rotatable bonds is 11. The predicted molar refractivity (Wildman–Crippen MR) is 122 cm³/mol. The Hall–Kier alpha value is -1.79. The standard InChI is InChI=1S/C24H39N3O3/c1-4-25-23(26-12-5-13-30-17-20-7-8-20)27-18-24(10-14-29-15-11-24)21-16-19(2)6-9-22(21)28-3/h6,9,16,20H,4-5,7-8,10-15,17-18H2,1-3H3,(H2,25,26,27). The van der Waals surface area contributed by atoms with Crippen LogP contribution in [0, 0.1) is 12.8 Å². The number of ether oxygens (including phenoxy) is 3. The summed E-state index contributed by atoms with van der Waals surface area (Å²) < 4.78 is 17.2. The summed E-state index contributed by atoms with van der Waals surface area (Å²) in [6, 6.07) is 6.45. The van der Waals surface area contributed by atoms with Crippen LogP contribution in [-0.4, -0.2) is 59.1 Å². The van der Waals surface area contributed by atoms with Gasteiger partial charge in [-0.1, -0.05) is 17.7 Å². The SMILES string of the molecule is CCNC(=NCC1(c2cc(C)ccc2OC)CCOCC1)NCCCOCC1CC1. The maximum absolute atomic E-state index is 5.74. The van der Waals surface area contributed by atoms with E-state index in [1.165, 1.54) is 24.0 Å². The zero-order valence-electron chi connectivity index (χ0n) is 19.0. The van der Waals surface area contributed by atoms with Crippen LogP contribution >= 0.6 is 0 Å². The van der Waals surface area contributed by atoms with Gasteiger partial charge in [0.25, 0.3) is 0 Å². The molecule has 0 aromatic heterocycles. The predicted octanol–water partition coefficient (Wildman–Crippen LogP) is 3.42. The van der Waals surface area contributed by atoms with Crippen LogP contribution < -0.4 is 15.4 Å². The first kappa shape index (κ1) is 22.9. The molecule has 30 heavy (non-hydrogen) atoms. The molecule has 0 radical (unpaired) electrons. The smallest absolute Gasteiger partial charge is 0.191 e. The van der Waals surface area contributed by atoms with Crippen molar-refractivity contribution in [2.75, 3.05) is 53.2 Å². The average Bonchev–Trinajstić information content (AvgIpc) is 3.59. The molecule has 2 fully saturated rings. The van der Waals surface area contributed by atoms with Crippen LogP contribution in [0.1, 0.15) is 50.2 Å². The molecule has 168 valence electrons. The molecule has 1 aromatic carbocycles. The van der Waals surface area contributed by atoms with Gasteiger partial charge in [0.15, 0.2) is 5.96 Å². The molecule has 2 N–H and O–H groups in total. The fourth-order valence-electron chi connectivity index (χ4n) is 4.00. The van der Waals surface area contributed by atoms with E-state index in [4.69, 9.17) is 19.2 Å². The van der Waals surface area contributed by atoms with Gasteiger partial charge in [0, 0.05) is 50.5 Å². The number of aliphatic imine (C=N–C) groups is 1. The van der Waals surface area contributed by atoms with Crippen molar-refractivity contribution < 1.29 is 14.2 Å². The van der Waals surface area contributed by atoms with Crippen molar-refractivity contribution in [2.24, 2.45) is 10.9 Å². The Morgan fingerprint density at radius 1 is 1.23 bits per heavy atom. The maximum Gasteiger partial charge on any atom is 0.191 e. The summed E-state index contributed by atoms with van der Waals surface area (Å²) in [5.41, 5.74) is 2.43. The number of aryl methyl sites for hydroxylation is 1. The molecule has 1 aromatic rings. The molecule has 6 heteroatoms. The minimum atomic E-state index is -0.0641. The van der Waals surface area contributed by atoms with Gasteiger partial charge >= 0.3 is 0 Å². The normalized spacial score (nSPS) is 18.8. The lowest BCUT2D eigenvalue weighted by atomic mass is 9.73.